The second-order valence-electron chi connectivity index (χ2n) is 4.71. The summed E-state index contributed by atoms with van der Waals surface area (Å²) >= 11 is 18.9. The van der Waals surface area contributed by atoms with Crippen molar-refractivity contribution >= 4 is 34.8 Å². The third kappa shape index (κ3) is 3.06. The highest BCUT2D eigenvalue weighted by Gasteiger charge is 2.19. The van der Waals surface area contributed by atoms with Gasteiger partial charge < -0.3 is 4.74 Å². The van der Waals surface area contributed by atoms with Crippen molar-refractivity contribution in [2.24, 2.45) is 0 Å². The maximum atomic E-state index is 6.59. The lowest BCUT2D eigenvalue weighted by Gasteiger charge is -2.17. The SMILES string of the molecule is COc1cc(Cl)ccc1C(Cl)c1cc(C)c(C)cc1Cl. The quantitative estimate of drug-likeness (QED) is 0.632. The van der Waals surface area contributed by atoms with Gasteiger partial charge in [0.15, 0.2) is 0 Å². The van der Waals surface area contributed by atoms with Crippen LogP contribution in [0.5, 0.6) is 5.75 Å². The van der Waals surface area contributed by atoms with E-state index in [2.05, 4.69) is 0 Å². The molecule has 0 aliphatic rings. The highest BCUT2D eigenvalue weighted by Crippen LogP contribution is 2.40. The summed E-state index contributed by atoms with van der Waals surface area (Å²) in [6.45, 7) is 4.06. The van der Waals surface area contributed by atoms with Crippen molar-refractivity contribution in [2.45, 2.75) is 19.2 Å². The second-order valence-corrected chi connectivity index (χ2v) is 5.99. The average Bonchev–Trinajstić information content (AvgIpc) is 2.42. The molecule has 1 atom stereocenters. The maximum Gasteiger partial charge on any atom is 0.125 e. The molecule has 1 nitrogen and oxygen atoms in total. The molecule has 0 saturated carbocycles. The van der Waals surface area contributed by atoms with E-state index in [-0.39, 0.29) is 5.38 Å². The van der Waals surface area contributed by atoms with Gasteiger partial charge in [-0.15, -0.1) is 11.6 Å². The Balaban J connectivity index is 2.51. The van der Waals surface area contributed by atoms with E-state index in [1.165, 1.54) is 0 Å². The van der Waals surface area contributed by atoms with Gasteiger partial charge in [0.25, 0.3) is 0 Å². The number of alkyl halides is 1. The largest absolute Gasteiger partial charge is 0.496 e. The standard InChI is InChI=1S/C16H15Cl3O/c1-9-6-13(14(18)7-10(9)2)16(19)12-5-4-11(17)8-15(12)20-3/h4-8,16H,1-3H3. The molecule has 106 valence electrons. The molecule has 0 heterocycles. The molecule has 20 heavy (non-hydrogen) atoms. The Kier molecular flexibility index (Phi) is 4.85. The average molecular weight is 330 g/mol. The Labute approximate surface area is 134 Å². The molecule has 0 spiro atoms. The fourth-order valence-corrected chi connectivity index (χ4v) is 2.97. The molecule has 0 fully saturated rings. The summed E-state index contributed by atoms with van der Waals surface area (Å²) < 4.78 is 5.35. The molecule has 1 unspecified atom stereocenters. The van der Waals surface area contributed by atoms with Crippen LogP contribution in [0.2, 0.25) is 10.0 Å². The molecule has 0 radical (unpaired) electrons. The Bertz CT molecular complexity index is 638. The normalized spacial score (nSPS) is 12.3. The molecule has 2 aromatic carbocycles. The molecular weight excluding hydrogens is 315 g/mol. The van der Waals surface area contributed by atoms with E-state index in [1.54, 1.807) is 19.2 Å². The first-order valence-corrected chi connectivity index (χ1v) is 7.37. The van der Waals surface area contributed by atoms with E-state index < -0.39 is 0 Å². The molecule has 0 aliphatic carbocycles. The Morgan fingerprint density at radius 1 is 0.950 bits per heavy atom. The predicted octanol–water partition coefficient (Wildman–Crippen LogP) is 5.95. The fourth-order valence-electron chi connectivity index (χ4n) is 2.06. The van der Waals surface area contributed by atoms with Gasteiger partial charge in [-0.25, -0.2) is 0 Å². The lowest BCUT2D eigenvalue weighted by Crippen LogP contribution is -1.99. The number of hydrogen-bond acceptors (Lipinski definition) is 1. The zero-order valence-corrected chi connectivity index (χ0v) is 13.8. The minimum atomic E-state index is -0.381. The third-order valence-electron chi connectivity index (χ3n) is 3.35. The van der Waals surface area contributed by atoms with Crippen molar-refractivity contribution in [2.75, 3.05) is 7.11 Å². The third-order valence-corrected chi connectivity index (χ3v) is 4.39. The van der Waals surface area contributed by atoms with E-state index in [9.17, 15) is 0 Å². The molecule has 2 aromatic rings. The topological polar surface area (TPSA) is 9.23 Å². The van der Waals surface area contributed by atoms with Crippen LogP contribution < -0.4 is 4.74 Å². The van der Waals surface area contributed by atoms with Crippen LogP contribution in [-0.2, 0) is 0 Å². The first-order valence-electron chi connectivity index (χ1n) is 6.18. The first kappa shape index (κ1) is 15.5. The summed E-state index contributed by atoms with van der Waals surface area (Å²) in [4.78, 5) is 0. The van der Waals surface area contributed by atoms with Gasteiger partial charge in [0.2, 0.25) is 0 Å². The number of benzene rings is 2. The van der Waals surface area contributed by atoms with Gasteiger partial charge in [-0.3, -0.25) is 0 Å². The van der Waals surface area contributed by atoms with Gasteiger partial charge in [-0.2, -0.15) is 0 Å². The molecule has 2 rings (SSSR count). The lowest BCUT2D eigenvalue weighted by molar-refractivity contribution is 0.410. The summed E-state index contributed by atoms with van der Waals surface area (Å²) in [7, 11) is 1.60. The van der Waals surface area contributed by atoms with Crippen LogP contribution in [0, 0.1) is 13.8 Å². The Hall–Kier alpha value is -0.890. The smallest absolute Gasteiger partial charge is 0.125 e. The van der Waals surface area contributed by atoms with E-state index in [0.717, 1.165) is 22.3 Å². The van der Waals surface area contributed by atoms with Gasteiger partial charge >= 0.3 is 0 Å². The fraction of sp³-hybridized carbons (Fsp3) is 0.250. The molecule has 0 N–H and O–H groups in total. The van der Waals surface area contributed by atoms with Crippen molar-refractivity contribution < 1.29 is 4.74 Å². The molecule has 0 saturated heterocycles. The minimum Gasteiger partial charge on any atom is -0.496 e. The van der Waals surface area contributed by atoms with Crippen LogP contribution in [0.15, 0.2) is 30.3 Å². The zero-order chi connectivity index (χ0) is 14.9. The van der Waals surface area contributed by atoms with E-state index in [4.69, 9.17) is 39.5 Å². The van der Waals surface area contributed by atoms with Crippen LogP contribution in [0.4, 0.5) is 0 Å². The van der Waals surface area contributed by atoms with Crippen LogP contribution in [0.1, 0.15) is 27.6 Å². The van der Waals surface area contributed by atoms with Crippen molar-refractivity contribution in [3.63, 3.8) is 0 Å². The number of ether oxygens (including phenoxy) is 1. The van der Waals surface area contributed by atoms with E-state index in [1.807, 2.05) is 32.0 Å². The molecule has 0 aliphatic heterocycles. The highest BCUT2D eigenvalue weighted by molar-refractivity contribution is 6.33. The summed E-state index contributed by atoms with van der Waals surface area (Å²) in [6, 6.07) is 9.36. The Morgan fingerprint density at radius 3 is 2.25 bits per heavy atom. The number of halogens is 3. The second kappa shape index (κ2) is 6.26. The molecule has 0 bridgehead atoms. The van der Waals surface area contributed by atoms with E-state index >= 15 is 0 Å². The molecule has 0 amide bonds. The van der Waals surface area contributed by atoms with Crippen molar-refractivity contribution in [1.82, 2.24) is 0 Å². The predicted molar refractivity (Wildman–Crippen MR) is 86.6 cm³/mol. The zero-order valence-electron chi connectivity index (χ0n) is 11.5. The van der Waals surface area contributed by atoms with Crippen LogP contribution >= 0.6 is 34.8 Å². The number of hydrogen-bond donors (Lipinski definition) is 0. The molecule has 4 heteroatoms. The van der Waals surface area contributed by atoms with Gasteiger partial charge in [0, 0.05) is 15.6 Å². The summed E-state index contributed by atoms with van der Waals surface area (Å²) in [5, 5.41) is 0.889. The number of methoxy groups -OCH3 is 1. The van der Waals surface area contributed by atoms with Crippen molar-refractivity contribution in [3.05, 3.63) is 62.6 Å². The van der Waals surface area contributed by atoms with Gasteiger partial charge in [0.05, 0.1) is 12.5 Å². The Morgan fingerprint density at radius 2 is 1.60 bits per heavy atom. The van der Waals surface area contributed by atoms with Gasteiger partial charge in [-0.1, -0.05) is 35.3 Å². The van der Waals surface area contributed by atoms with E-state index in [0.29, 0.717) is 15.8 Å². The first-order chi connectivity index (χ1) is 9.43. The maximum absolute atomic E-state index is 6.59. The number of rotatable bonds is 3. The monoisotopic (exact) mass is 328 g/mol. The molecular formula is C16H15Cl3O. The summed E-state index contributed by atoms with van der Waals surface area (Å²) in [6.07, 6.45) is 0. The van der Waals surface area contributed by atoms with Crippen LogP contribution in [0.3, 0.4) is 0 Å². The summed E-state index contributed by atoms with van der Waals surface area (Å²) in [5.41, 5.74) is 4.02. The van der Waals surface area contributed by atoms with Crippen molar-refractivity contribution in [1.29, 1.82) is 0 Å². The number of aryl methyl sites for hydroxylation is 2. The summed E-state index contributed by atoms with van der Waals surface area (Å²) in [5.74, 6) is 0.659. The van der Waals surface area contributed by atoms with Gasteiger partial charge in [-0.05, 0) is 48.7 Å². The minimum absolute atomic E-state index is 0.381. The van der Waals surface area contributed by atoms with Crippen LogP contribution in [0.25, 0.3) is 0 Å². The van der Waals surface area contributed by atoms with Crippen LogP contribution in [-0.4, -0.2) is 7.11 Å². The van der Waals surface area contributed by atoms with Gasteiger partial charge in [0.1, 0.15) is 5.75 Å². The highest BCUT2D eigenvalue weighted by atomic mass is 35.5. The lowest BCUT2D eigenvalue weighted by atomic mass is 9.99. The van der Waals surface area contributed by atoms with Crippen molar-refractivity contribution in [3.8, 4) is 5.75 Å². The molecule has 0 aromatic heterocycles.